The largest absolute Gasteiger partial charge is 0.444 e. The van der Waals surface area contributed by atoms with E-state index in [1.54, 1.807) is 34.6 Å². The molecule has 0 saturated carbocycles. The fourth-order valence-electron chi connectivity index (χ4n) is 1.01. The Hall–Kier alpha value is -1.30. The number of rotatable bonds is 3. The predicted octanol–water partition coefficient (Wildman–Crippen LogP) is 0.953. The molecule has 6 heteroatoms. The van der Waals surface area contributed by atoms with Gasteiger partial charge >= 0.3 is 12.1 Å². The minimum Gasteiger partial charge on any atom is -0.444 e. The number of alkyl carbamates (subject to hydrolysis) is 1. The Morgan fingerprint density at radius 3 is 2.06 bits per heavy atom. The van der Waals surface area contributed by atoms with Crippen LogP contribution in [0.5, 0.6) is 0 Å². The Balaban J connectivity index is 4.42. The van der Waals surface area contributed by atoms with Gasteiger partial charge in [-0.15, -0.1) is 0 Å². The number of carbonyl (C=O) groups is 2. The molecule has 0 aliphatic heterocycles. The van der Waals surface area contributed by atoms with Crippen LogP contribution in [0.3, 0.4) is 0 Å². The number of ether oxygens (including phenoxy) is 1. The molecule has 1 unspecified atom stereocenters. The Morgan fingerprint density at radius 1 is 1.25 bits per heavy atom. The molecule has 1 amide bonds. The van der Waals surface area contributed by atoms with E-state index < -0.39 is 23.7 Å². The summed E-state index contributed by atoms with van der Waals surface area (Å²) in [5.74, 6) is 3.94. The summed E-state index contributed by atoms with van der Waals surface area (Å²) in [6, 6.07) is -0.806. The maximum Gasteiger partial charge on any atom is 0.408 e. The van der Waals surface area contributed by atoms with E-state index in [4.69, 9.17) is 10.6 Å². The molecule has 1 atom stereocenters. The van der Waals surface area contributed by atoms with Crippen LogP contribution in [0.25, 0.3) is 0 Å². The minimum atomic E-state index is -0.806. The first-order valence-electron chi connectivity index (χ1n) is 5.07. The van der Waals surface area contributed by atoms with E-state index in [0.717, 1.165) is 0 Å². The van der Waals surface area contributed by atoms with E-state index in [9.17, 15) is 9.59 Å². The minimum absolute atomic E-state index is 0.136. The zero-order valence-corrected chi connectivity index (χ0v) is 10.4. The van der Waals surface area contributed by atoms with Crippen molar-refractivity contribution in [3.05, 3.63) is 0 Å². The standard InChI is InChI=1S/C10H20N2O4/c1-6(2)7(8(13)16-11)12-9(14)15-10(3,4)5/h6-7H,11H2,1-5H3,(H,12,14). The van der Waals surface area contributed by atoms with E-state index >= 15 is 0 Å². The molecule has 3 N–H and O–H groups in total. The van der Waals surface area contributed by atoms with Crippen LogP contribution in [0.2, 0.25) is 0 Å². The van der Waals surface area contributed by atoms with Crippen LogP contribution in [0, 0.1) is 5.92 Å². The van der Waals surface area contributed by atoms with Crippen molar-refractivity contribution in [1.82, 2.24) is 5.32 Å². The highest BCUT2D eigenvalue weighted by molar-refractivity contribution is 5.81. The second kappa shape index (κ2) is 5.69. The first-order chi connectivity index (χ1) is 7.17. The fourth-order valence-corrected chi connectivity index (χ4v) is 1.01. The molecule has 16 heavy (non-hydrogen) atoms. The number of hydrogen-bond donors (Lipinski definition) is 2. The van der Waals surface area contributed by atoms with Crippen LogP contribution in [0.15, 0.2) is 0 Å². The van der Waals surface area contributed by atoms with Crippen molar-refractivity contribution in [2.75, 3.05) is 0 Å². The van der Waals surface area contributed by atoms with Gasteiger partial charge in [0.25, 0.3) is 0 Å². The lowest BCUT2D eigenvalue weighted by atomic mass is 10.1. The zero-order valence-electron chi connectivity index (χ0n) is 10.4. The molecule has 0 spiro atoms. The molecule has 6 nitrogen and oxygen atoms in total. The predicted molar refractivity (Wildman–Crippen MR) is 58.3 cm³/mol. The maximum absolute atomic E-state index is 11.4. The lowest BCUT2D eigenvalue weighted by Gasteiger charge is -2.23. The number of nitrogens with one attached hydrogen (secondary N) is 1. The Kier molecular flexibility index (Phi) is 5.23. The number of nitrogens with two attached hydrogens (primary N) is 1. The van der Waals surface area contributed by atoms with Gasteiger partial charge in [0.1, 0.15) is 11.6 Å². The van der Waals surface area contributed by atoms with Crippen molar-refractivity contribution >= 4 is 12.1 Å². The van der Waals surface area contributed by atoms with Crippen LogP contribution in [0.4, 0.5) is 4.79 Å². The molecule has 0 radical (unpaired) electrons. The highest BCUT2D eigenvalue weighted by Gasteiger charge is 2.27. The van der Waals surface area contributed by atoms with Gasteiger partial charge in [-0.2, -0.15) is 5.90 Å². The summed E-state index contributed by atoms with van der Waals surface area (Å²) < 4.78 is 5.01. The number of carbonyl (C=O) groups excluding carboxylic acids is 2. The van der Waals surface area contributed by atoms with Crippen molar-refractivity contribution in [3.63, 3.8) is 0 Å². The van der Waals surface area contributed by atoms with Crippen LogP contribution >= 0.6 is 0 Å². The van der Waals surface area contributed by atoms with E-state index in [1.165, 1.54) is 0 Å². The smallest absolute Gasteiger partial charge is 0.408 e. The monoisotopic (exact) mass is 232 g/mol. The van der Waals surface area contributed by atoms with Crippen LogP contribution in [0.1, 0.15) is 34.6 Å². The van der Waals surface area contributed by atoms with Crippen molar-refractivity contribution in [3.8, 4) is 0 Å². The molecular weight excluding hydrogens is 212 g/mol. The van der Waals surface area contributed by atoms with E-state index in [2.05, 4.69) is 10.2 Å². The zero-order chi connectivity index (χ0) is 12.9. The van der Waals surface area contributed by atoms with E-state index in [1.807, 2.05) is 0 Å². The summed E-state index contributed by atoms with van der Waals surface area (Å²) in [6.07, 6.45) is -0.670. The SMILES string of the molecule is CC(C)C(NC(=O)OC(C)(C)C)C(=O)ON. The van der Waals surface area contributed by atoms with Gasteiger partial charge < -0.3 is 14.9 Å². The Labute approximate surface area is 95.4 Å². The molecule has 0 aromatic rings. The van der Waals surface area contributed by atoms with Crippen LogP contribution in [-0.4, -0.2) is 23.7 Å². The molecular formula is C10H20N2O4. The third-order valence-corrected chi connectivity index (χ3v) is 1.71. The molecule has 0 aliphatic carbocycles. The average Bonchev–Trinajstić information content (AvgIpc) is 2.09. The molecule has 0 aromatic heterocycles. The van der Waals surface area contributed by atoms with Crippen molar-refractivity contribution < 1.29 is 19.2 Å². The second-order valence-electron chi connectivity index (χ2n) is 4.80. The number of amides is 1. The molecule has 0 bridgehead atoms. The van der Waals surface area contributed by atoms with Gasteiger partial charge in [-0.05, 0) is 26.7 Å². The Morgan fingerprint density at radius 2 is 1.75 bits per heavy atom. The van der Waals surface area contributed by atoms with E-state index in [0.29, 0.717) is 0 Å². The molecule has 0 rings (SSSR count). The van der Waals surface area contributed by atoms with Gasteiger partial charge in [-0.3, -0.25) is 0 Å². The fraction of sp³-hybridized carbons (Fsp3) is 0.800. The third kappa shape index (κ3) is 5.55. The van der Waals surface area contributed by atoms with Crippen LogP contribution < -0.4 is 11.2 Å². The second-order valence-corrected chi connectivity index (χ2v) is 4.80. The molecule has 0 heterocycles. The van der Waals surface area contributed by atoms with Gasteiger partial charge in [0.2, 0.25) is 0 Å². The van der Waals surface area contributed by atoms with Crippen molar-refractivity contribution in [2.45, 2.75) is 46.3 Å². The molecule has 0 saturated heterocycles. The first-order valence-corrected chi connectivity index (χ1v) is 5.07. The van der Waals surface area contributed by atoms with Gasteiger partial charge in [-0.25, -0.2) is 9.59 Å². The molecule has 94 valence electrons. The summed E-state index contributed by atoms with van der Waals surface area (Å²) in [6.45, 7) is 8.73. The normalized spacial score (nSPS) is 13.2. The Bertz CT molecular complexity index is 258. The summed E-state index contributed by atoms with van der Waals surface area (Å²) in [4.78, 5) is 26.7. The molecule has 0 aliphatic rings. The van der Waals surface area contributed by atoms with Crippen LogP contribution in [-0.2, 0) is 14.4 Å². The quantitative estimate of drug-likeness (QED) is 0.707. The van der Waals surface area contributed by atoms with Crippen molar-refractivity contribution in [2.24, 2.45) is 11.8 Å². The van der Waals surface area contributed by atoms with Gasteiger partial charge in [-0.1, -0.05) is 13.8 Å². The summed E-state index contributed by atoms with van der Waals surface area (Å²) >= 11 is 0. The van der Waals surface area contributed by atoms with E-state index in [-0.39, 0.29) is 5.92 Å². The topological polar surface area (TPSA) is 90.6 Å². The average molecular weight is 232 g/mol. The summed E-state index contributed by atoms with van der Waals surface area (Å²) in [5.41, 5.74) is -0.613. The highest BCUT2D eigenvalue weighted by Crippen LogP contribution is 2.09. The molecule has 0 fully saturated rings. The number of hydrogen-bond acceptors (Lipinski definition) is 5. The third-order valence-electron chi connectivity index (χ3n) is 1.71. The lowest BCUT2D eigenvalue weighted by Crippen LogP contribution is -2.47. The van der Waals surface area contributed by atoms with Gasteiger partial charge in [0.15, 0.2) is 0 Å². The summed E-state index contributed by atoms with van der Waals surface area (Å²) in [5, 5.41) is 2.41. The molecule has 0 aromatic carbocycles. The maximum atomic E-state index is 11.4. The summed E-state index contributed by atoms with van der Waals surface area (Å²) in [7, 11) is 0. The highest BCUT2D eigenvalue weighted by atomic mass is 16.7. The van der Waals surface area contributed by atoms with Gasteiger partial charge in [0.05, 0.1) is 0 Å². The van der Waals surface area contributed by atoms with Crippen molar-refractivity contribution in [1.29, 1.82) is 0 Å². The van der Waals surface area contributed by atoms with Gasteiger partial charge in [0, 0.05) is 0 Å². The first kappa shape index (κ1) is 14.7. The lowest BCUT2D eigenvalue weighted by molar-refractivity contribution is -0.147.